The van der Waals surface area contributed by atoms with Crippen LogP contribution >= 0.6 is 0 Å². The molecule has 3 aromatic rings. The first-order valence-corrected chi connectivity index (χ1v) is 13.7. The van der Waals surface area contributed by atoms with Gasteiger partial charge in [0.1, 0.15) is 17.4 Å². The zero-order valence-corrected chi connectivity index (χ0v) is 22.9. The molecule has 1 fully saturated rings. The normalized spacial score (nSPS) is 18.6. The molecule has 1 N–H and O–H groups in total. The lowest BCUT2D eigenvalue weighted by Gasteiger charge is -2.31. The smallest absolute Gasteiger partial charge is 0.407 e. The largest absolute Gasteiger partial charge is 0.465 e. The average molecular weight is 546 g/mol. The van der Waals surface area contributed by atoms with Crippen LogP contribution in [0.1, 0.15) is 60.7 Å². The van der Waals surface area contributed by atoms with Gasteiger partial charge < -0.3 is 29.0 Å². The summed E-state index contributed by atoms with van der Waals surface area (Å²) in [5.41, 5.74) is 4.23. The molecule has 1 unspecified atom stereocenters. The maximum atomic E-state index is 12.3. The topological polar surface area (TPSA) is 94.5 Å². The van der Waals surface area contributed by atoms with Crippen LogP contribution < -0.4 is 4.74 Å². The van der Waals surface area contributed by atoms with Crippen molar-refractivity contribution >= 4 is 12.1 Å². The van der Waals surface area contributed by atoms with E-state index >= 15 is 0 Å². The summed E-state index contributed by atoms with van der Waals surface area (Å²) in [6.45, 7) is 4.61. The first-order valence-electron chi connectivity index (χ1n) is 13.7. The molecule has 0 saturated carbocycles. The monoisotopic (exact) mass is 545 g/mol. The minimum atomic E-state index is -1.02. The molecule has 210 valence electrons. The Morgan fingerprint density at radius 2 is 1.77 bits per heavy atom. The highest BCUT2D eigenvalue weighted by Gasteiger charge is 2.34. The molecule has 3 aromatic carbocycles. The Morgan fingerprint density at radius 1 is 1.02 bits per heavy atom. The number of esters is 1. The zero-order valence-electron chi connectivity index (χ0n) is 22.9. The van der Waals surface area contributed by atoms with E-state index in [4.69, 9.17) is 18.9 Å². The molecule has 5 rings (SSSR count). The Bertz CT molecular complexity index is 1320. The Balaban J connectivity index is 1.25. The van der Waals surface area contributed by atoms with Gasteiger partial charge in [-0.15, -0.1) is 0 Å². The second kappa shape index (κ2) is 12.1. The predicted octanol–water partition coefficient (Wildman–Crippen LogP) is 6.45. The highest BCUT2D eigenvalue weighted by molar-refractivity contribution is 5.94. The summed E-state index contributed by atoms with van der Waals surface area (Å²) in [5.74, 6) is -0.924. The van der Waals surface area contributed by atoms with Gasteiger partial charge in [-0.05, 0) is 60.1 Å². The van der Waals surface area contributed by atoms with E-state index in [-0.39, 0.29) is 12.8 Å². The zero-order chi connectivity index (χ0) is 28.1. The summed E-state index contributed by atoms with van der Waals surface area (Å²) >= 11 is 0. The summed E-state index contributed by atoms with van der Waals surface area (Å²) in [4.78, 5) is 25.9. The van der Waals surface area contributed by atoms with E-state index in [0.717, 1.165) is 41.5 Å². The third-order valence-corrected chi connectivity index (χ3v) is 7.14. The van der Waals surface area contributed by atoms with E-state index in [0.29, 0.717) is 30.9 Å². The van der Waals surface area contributed by atoms with Crippen molar-refractivity contribution in [2.75, 3.05) is 19.7 Å². The minimum absolute atomic E-state index is 0.213. The molecule has 8 nitrogen and oxygen atoms in total. The number of amides is 1. The number of benzene rings is 3. The maximum Gasteiger partial charge on any atom is 0.407 e. The number of nitrogens with zero attached hydrogens (tertiary/aromatic N) is 1. The van der Waals surface area contributed by atoms with Gasteiger partial charge >= 0.3 is 12.1 Å². The van der Waals surface area contributed by atoms with Gasteiger partial charge in [0.2, 0.25) is 5.79 Å². The van der Waals surface area contributed by atoms with Crippen LogP contribution in [0.4, 0.5) is 4.79 Å². The lowest BCUT2D eigenvalue weighted by atomic mass is 10.0. The summed E-state index contributed by atoms with van der Waals surface area (Å²) in [7, 11) is 0. The number of carboxylic acid groups (broad SMARTS) is 1. The van der Waals surface area contributed by atoms with Gasteiger partial charge in [-0.3, -0.25) is 0 Å². The van der Waals surface area contributed by atoms with Crippen molar-refractivity contribution < 1.29 is 33.6 Å². The molecule has 2 heterocycles. The van der Waals surface area contributed by atoms with Crippen LogP contribution in [0.25, 0.3) is 11.1 Å². The molecule has 2 atom stereocenters. The van der Waals surface area contributed by atoms with Gasteiger partial charge in [0.15, 0.2) is 6.29 Å². The molecule has 0 aliphatic carbocycles. The van der Waals surface area contributed by atoms with Crippen molar-refractivity contribution in [2.24, 2.45) is 0 Å². The lowest BCUT2D eigenvalue weighted by Crippen LogP contribution is -2.38. The fourth-order valence-electron chi connectivity index (χ4n) is 5.01. The number of rotatable bonds is 9. The second-order valence-electron chi connectivity index (χ2n) is 10.6. The van der Waals surface area contributed by atoms with Crippen LogP contribution in [0.5, 0.6) is 5.75 Å². The van der Waals surface area contributed by atoms with Crippen molar-refractivity contribution in [3.05, 3.63) is 89.5 Å². The molecule has 8 heteroatoms. The Kier molecular flexibility index (Phi) is 8.38. The van der Waals surface area contributed by atoms with Crippen LogP contribution in [0.15, 0.2) is 72.8 Å². The number of hydrogen-bond donors (Lipinski definition) is 1. The van der Waals surface area contributed by atoms with E-state index in [9.17, 15) is 14.7 Å². The summed E-state index contributed by atoms with van der Waals surface area (Å²) < 4.78 is 23.2. The van der Waals surface area contributed by atoms with Crippen molar-refractivity contribution in [3.63, 3.8) is 0 Å². The number of cyclic esters (lactones) is 1. The van der Waals surface area contributed by atoms with E-state index in [1.165, 1.54) is 4.90 Å². The molecule has 0 radical (unpaired) electrons. The first-order chi connectivity index (χ1) is 19.3. The van der Waals surface area contributed by atoms with E-state index < -0.39 is 24.0 Å². The summed E-state index contributed by atoms with van der Waals surface area (Å²) in [6.07, 6.45) is 1.68. The number of ether oxygens (including phenoxy) is 4. The molecule has 1 saturated heterocycles. The molecule has 2 aliphatic heterocycles. The third kappa shape index (κ3) is 6.81. The van der Waals surface area contributed by atoms with Crippen LogP contribution in [-0.2, 0) is 20.6 Å². The van der Waals surface area contributed by atoms with Crippen LogP contribution in [0.3, 0.4) is 0 Å². The van der Waals surface area contributed by atoms with Crippen molar-refractivity contribution in [1.82, 2.24) is 4.90 Å². The van der Waals surface area contributed by atoms with Crippen molar-refractivity contribution in [1.29, 1.82) is 0 Å². The minimum Gasteiger partial charge on any atom is -0.465 e. The third-order valence-electron chi connectivity index (χ3n) is 7.14. The fourth-order valence-corrected chi connectivity index (χ4v) is 5.01. The molecule has 0 spiro atoms. The summed E-state index contributed by atoms with van der Waals surface area (Å²) in [6, 6.07) is 23.1. The quantitative estimate of drug-likeness (QED) is 0.309. The lowest BCUT2D eigenvalue weighted by molar-refractivity contribution is -0.192. The van der Waals surface area contributed by atoms with Crippen LogP contribution in [-0.4, -0.2) is 53.8 Å². The molecule has 40 heavy (non-hydrogen) atoms. The molecule has 0 aromatic heterocycles. The van der Waals surface area contributed by atoms with Gasteiger partial charge in [0, 0.05) is 27.0 Å². The first kappa shape index (κ1) is 27.7. The second-order valence-corrected chi connectivity index (χ2v) is 10.6. The van der Waals surface area contributed by atoms with Gasteiger partial charge in [-0.1, -0.05) is 60.7 Å². The van der Waals surface area contributed by atoms with Crippen molar-refractivity contribution in [3.8, 4) is 16.9 Å². The number of carbonyl (C=O) groups excluding carboxylic acids is 1. The van der Waals surface area contributed by atoms with Gasteiger partial charge in [-0.2, -0.15) is 0 Å². The van der Waals surface area contributed by atoms with E-state index in [2.05, 4.69) is 0 Å². The Hall–Kier alpha value is -3.88. The fraction of sp³-hybridized carbons (Fsp3) is 0.375. The summed E-state index contributed by atoms with van der Waals surface area (Å²) in [5, 5.41) is 9.99. The van der Waals surface area contributed by atoms with E-state index in [1.807, 2.05) is 66.7 Å². The maximum absolute atomic E-state index is 12.3. The van der Waals surface area contributed by atoms with Gasteiger partial charge in [-0.25, -0.2) is 9.59 Å². The molecular weight excluding hydrogens is 510 g/mol. The van der Waals surface area contributed by atoms with Crippen LogP contribution in [0.2, 0.25) is 0 Å². The number of fused-ring (bicyclic) bond motifs is 1. The number of hydrogen-bond acceptors (Lipinski definition) is 6. The van der Waals surface area contributed by atoms with Gasteiger partial charge in [0.05, 0.1) is 6.54 Å². The molecule has 0 bridgehead atoms. The average Bonchev–Trinajstić information content (AvgIpc) is 2.95. The predicted molar refractivity (Wildman–Crippen MR) is 149 cm³/mol. The van der Waals surface area contributed by atoms with E-state index in [1.54, 1.807) is 19.9 Å². The molecular formula is C32H35NO7. The SMILES string of the molecule is CC1(C)OC(=O)c2ccc(-c3ccc(CCN(C[C@@H](OC4CCCCO4)c4ccccc4)C(=O)O)cc3)cc2O1. The Morgan fingerprint density at radius 3 is 2.48 bits per heavy atom. The number of carbonyl (C=O) groups is 2. The highest BCUT2D eigenvalue weighted by Crippen LogP contribution is 2.35. The van der Waals surface area contributed by atoms with Crippen molar-refractivity contribution in [2.45, 2.75) is 57.7 Å². The molecule has 2 aliphatic rings. The van der Waals surface area contributed by atoms with Gasteiger partial charge in [0.25, 0.3) is 0 Å². The van der Waals surface area contributed by atoms with Crippen LogP contribution in [0, 0.1) is 0 Å². The standard InChI is InChI=1S/C32H35NO7/c1-32(2)39-27-20-25(15-16-26(27)30(34)40-32)23-13-11-22(12-14-23)17-18-33(31(35)36)21-28(24-8-4-3-5-9-24)38-29-10-6-7-19-37-29/h3-5,8-9,11-16,20,28-29H,6-7,10,17-19,21H2,1-2H3,(H,35,36)/t28-,29?/m1/s1. The molecule has 1 amide bonds. The highest BCUT2D eigenvalue weighted by atomic mass is 16.7. The Labute approximate surface area is 234 Å².